The van der Waals surface area contributed by atoms with E-state index in [2.05, 4.69) is 4.90 Å². The van der Waals surface area contributed by atoms with Crippen LogP contribution in [0.25, 0.3) is 0 Å². The maximum Gasteiger partial charge on any atom is 0.0558 e. The average molecular weight is 268 g/mol. The molecule has 0 amide bonds. The molecule has 2 aliphatic carbocycles. The molecule has 0 saturated heterocycles. The Morgan fingerprint density at radius 3 is 2.21 bits per heavy atom. The van der Waals surface area contributed by atoms with Gasteiger partial charge < -0.3 is 10.8 Å². The Morgan fingerprint density at radius 2 is 1.63 bits per heavy atom. The van der Waals surface area contributed by atoms with Crippen LogP contribution in [0.15, 0.2) is 0 Å². The van der Waals surface area contributed by atoms with Crippen molar-refractivity contribution in [1.29, 1.82) is 0 Å². The van der Waals surface area contributed by atoms with Crippen LogP contribution in [0.4, 0.5) is 0 Å². The molecule has 0 aliphatic heterocycles. The molecule has 0 bridgehead atoms. The molecular weight excluding hydrogens is 236 g/mol. The SMILES string of the molecule is NCC1(CN(CCO)C2CCCCC2)CCCCC1. The summed E-state index contributed by atoms with van der Waals surface area (Å²) in [7, 11) is 0. The fourth-order valence-corrected chi connectivity index (χ4v) is 4.12. The number of nitrogens with two attached hydrogens (primary N) is 1. The van der Waals surface area contributed by atoms with E-state index in [9.17, 15) is 5.11 Å². The summed E-state index contributed by atoms with van der Waals surface area (Å²) < 4.78 is 0. The minimum atomic E-state index is 0.289. The fourth-order valence-electron chi connectivity index (χ4n) is 4.12. The summed E-state index contributed by atoms with van der Waals surface area (Å²) in [4.78, 5) is 2.57. The maximum absolute atomic E-state index is 9.38. The molecule has 0 spiro atoms. The Hall–Kier alpha value is -0.120. The third kappa shape index (κ3) is 4.17. The topological polar surface area (TPSA) is 49.5 Å². The number of aliphatic hydroxyl groups is 1. The van der Waals surface area contributed by atoms with Crippen LogP contribution in [0.2, 0.25) is 0 Å². The highest BCUT2D eigenvalue weighted by atomic mass is 16.3. The normalized spacial score (nSPS) is 24.8. The van der Waals surface area contributed by atoms with Crippen molar-refractivity contribution in [3.63, 3.8) is 0 Å². The van der Waals surface area contributed by atoms with Crippen LogP contribution < -0.4 is 5.73 Å². The van der Waals surface area contributed by atoms with Gasteiger partial charge >= 0.3 is 0 Å². The van der Waals surface area contributed by atoms with E-state index in [1.165, 1.54) is 64.2 Å². The van der Waals surface area contributed by atoms with E-state index < -0.39 is 0 Å². The first kappa shape index (κ1) is 15.3. The van der Waals surface area contributed by atoms with Gasteiger partial charge in [0.1, 0.15) is 0 Å². The first-order chi connectivity index (χ1) is 9.29. The van der Waals surface area contributed by atoms with Gasteiger partial charge in [-0.2, -0.15) is 0 Å². The van der Waals surface area contributed by atoms with E-state index in [4.69, 9.17) is 5.73 Å². The molecule has 2 aliphatic rings. The summed E-state index contributed by atoms with van der Waals surface area (Å²) in [6, 6.07) is 0.700. The van der Waals surface area contributed by atoms with Gasteiger partial charge in [-0.05, 0) is 37.6 Å². The monoisotopic (exact) mass is 268 g/mol. The smallest absolute Gasteiger partial charge is 0.0558 e. The summed E-state index contributed by atoms with van der Waals surface area (Å²) in [6.07, 6.45) is 13.4. The lowest BCUT2D eigenvalue weighted by Crippen LogP contribution is -2.49. The summed E-state index contributed by atoms with van der Waals surface area (Å²) in [5.74, 6) is 0. The molecular formula is C16H32N2O. The number of hydrogen-bond donors (Lipinski definition) is 2. The summed E-state index contributed by atoms with van der Waals surface area (Å²) in [5.41, 5.74) is 6.46. The molecule has 0 heterocycles. The number of rotatable bonds is 6. The molecule has 0 aromatic carbocycles. The zero-order valence-corrected chi connectivity index (χ0v) is 12.4. The first-order valence-electron chi connectivity index (χ1n) is 8.35. The van der Waals surface area contributed by atoms with Crippen molar-refractivity contribution in [3.8, 4) is 0 Å². The summed E-state index contributed by atoms with van der Waals surface area (Å²) >= 11 is 0. The Morgan fingerprint density at radius 1 is 1.00 bits per heavy atom. The summed E-state index contributed by atoms with van der Waals surface area (Å²) in [5, 5.41) is 9.38. The van der Waals surface area contributed by atoms with Crippen molar-refractivity contribution in [1.82, 2.24) is 4.90 Å². The van der Waals surface area contributed by atoms with Crippen molar-refractivity contribution in [3.05, 3.63) is 0 Å². The lowest BCUT2D eigenvalue weighted by atomic mass is 9.73. The van der Waals surface area contributed by atoms with Crippen molar-refractivity contribution in [2.45, 2.75) is 70.3 Å². The van der Waals surface area contributed by atoms with E-state index in [0.29, 0.717) is 11.5 Å². The minimum Gasteiger partial charge on any atom is -0.395 e. The molecule has 19 heavy (non-hydrogen) atoms. The van der Waals surface area contributed by atoms with Crippen molar-refractivity contribution >= 4 is 0 Å². The van der Waals surface area contributed by atoms with Crippen LogP contribution in [-0.4, -0.2) is 42.3 Å². The predicted octanol–water partition coefficient (Wildman–Crippen LogP) is 2.52. The molecule has 3 heteroatoms. The van der Waals surface area contributed by atoms with Gasteiger partial charge in [0.25, 0.3) is 0 Å². The van der Waals surface area contributed by atoms with Gasteiger partial charge in [-0.25, -0.2) is 0 Å². The lowest BCUT2D eigenvalue weighted by Gasteiger charge is -2.44. The minimum absolute atomic E-state index is 0.289. The van der Waals surface area contributed by atoms with E-state index in [0.717, 1.165) is 19.6 Å². The molecule has 3 nitrogen and oxygen atoms in total. The van der Waals surface area contributed by atoms with Crippen molar-refractivity contribution in [2.24, 2.45) is 11.1 Å². The molecule has 0 atom stereocenters. The van der Waals surface area contributed by atoms with E-state index in [1.54, 1.807) is 0 Å². The number of hydrogen-bond acceptors (Lipinski definition) is 3. The van der Waals surface area contributed by atoms with Gasteiger partial charge in [-0.15, -0.1) is 0 Å². The second-order valence-corrected chi connectivity index (χ2v) is 6.75. The molecule has 2 rings (SSSR count). The molecule has 0 aromatic rings. The van der Waals surface area contributed by atoms with Crippen molar-refractivity contribution in [2.75, 3.05) is 26.2 Å². The molecule has 2 fully saturated rings. The fraction of sp³-hybridized carbons (Fsp3) is 1.00. The second kappa shape index (κ2) is 7.61. The quantitative estimate of drug-likeness (QED) is 0.778. The van der Waals surface area contributed by atoms with Crippen molar-refractivity contribution < 1.29 is 5.11 Å². The third-order valence-corrected chi connectivity index (χ3v) is 5.36. The first-order valence-corrected chi connectivity index (χ1v) is 8.35. The van der Waals surface area contributed by atoms with Gasteiger partial charge in [0.05, 0.1) is 6.61 Å². The Kier molecular flexibility index (Phi) is 6.11. The Bertz CT molecular complexity index is 245. The van der Waals surface area contributed by atoms with Crippen LogP contribution in [0.5, 0.6) is 0 Å². The third-order valence-electron chi connectivity index (χ3n) is 5.36. The largest absolute Gasteiger partial charge is 0.395 e. The zero-order chi connectivity index (χ0) is 13.6. The Balaban J connectivity index is 1.96. The van der Waals surface area contributed by atoms with Crippen LogP contribution in [-0.2, 0) is 0 Å². The summed E-state index contributed by atoms with van der Waals surface area (Å²) in [6.45, 7) is 3.07. The highest BCUT2D eigenvalue weighted by Gasteiger charge is 2.34. The highest BCUT2D eigenvalue weighted by Crippen LogP contribution is 2.37. The van der Waals surface area contributed by atoms with E-state index in [-0.39, 0.29) is 6.61 Å². The van der Waals surface area contributed by atoms with Gasteiger partial charge in [0.2, 0.25) is 0 Å². The Labute approximate surface area is 118 Å². The highest BCUT2D eigenvalue weighted by molar-refractivity contribution is 4.89. The molecule has 2 saturated carbocycles. The van der Waals surface area contributed by atoms with Gasteiger partial charge in [-0.3, -0.25) is 4.90 Å². The van der Waals surface area contributed by atoms with Crippen LogP contribution in [0, 0.1) is 5.41 Å². The predicted molar refractivity (Wildman–Crippen MR) is 80.1 cm³/mol. The average Bonchev–Trinajstić information content (AvgIpc) is 2.49. The zero-order valence-electron chi connectivity index (χ0n) is 12.4. The lowest BCUT2D eigenvalue weighted by molar-refractivity contribution is 0.0532. The maximum atomic E-state index is 9.38. The van der Waals surface area contributed by atoms with Gasteiger partial charge in [0, 0.05) is 19.1 Å². The molecule has 3 N–H and O–H groups in total. The number of nitrogens with zero attached hydrogens (tertiary/aromatic N) is 1. The van der Waals surface area contributed by atoms with Crippen LogP contribution in [0.3, 0.4) is 0 Å². The standard InChI is InChI=1S/C16H32N2O/c17-13-16(9-5-2-6-10-16)14-18(11-12-19)15-7-3-1-4-8-15/h15,19H,1-14,17H2. The second-order valence-electron chi connectivity index (χ2n) is 6.75. The van der Waals surface area contributed by atoms with Crippen LogP contribution >= 0.6 is 0 Å². The van der Waals surface area contributed by atoms with E-state index >= 15 is 0 Å². The number of aliphatic hydroxyl groups excluding tert-OH is 1. The molecule has 0 unspecified atom stereocenters. The van der Waals surface area contributed by atoms with Crippen LogP contribution in [0.1, 0.15) is 64.2 Å². The van der Waals surface area contributed by atoms with E-state index in [1.807, 2.05) is 0 Å². The molecule has 112 valence electrons. The van der Waals surface area contributed by atoms with Gasteiger partial charge in [-0.1, -0.05) is 38.5 Å². The molecule has 0 radical (unpaired) electrons. The van der Waals surface area contributed by atoms with Gasteiger partial charge in [0.15, 0.2) is 0 Å². The molecule has 0 aromatic heterocycles.